The van der Waals surface area contributed by atoms with Gasteiger partial charge in [-0.2, -0.15) is 5.10 Å². The molecule has 0 aliphatic carbocycles. The minimum atomic E-state index is -0.551. The molecule has 3 aromatic rings. The summed E-state index contributed by atoms with van der Waals surface area (Å²) >= 11 is 10.0. The van der Waals surface area contributed by atoms with Gasteiger partial charge in [0.2, 0.25) is 0 Å². The SMILES string of the molecule is CCOc1cc(/C=N\NC(=O)c2cc(Br)cc(Br)c2O)c(Br)cc1OCc1ccccc1. The quantitative estimate of drug-likeness (QED) is 0.223. The van der Waals surface area contributed by atoms with E-state index >= 15 is 0 Å². The number of hydrazone groups is 1. The number of hydrogen-bond acceptors (Lipinski definition) is 5. The van der Waals surface area contributed by atoms with Crippen LogP contribution in [-0.2, 0) is 6.61 Å². The maximum atomic E-state index is 12.4. The molecule has 9 heteroatoms. The van der Waals surface area contributed by atoms with E-state index in [0.29, 0.717) is 39.2 Å². The standard InChI is InChI=1S/C23H19Br3N2O4/c1-2-31-20-8-15(18(25)11-21(20)32-13-14-6-4-3-5-7-14)12-27-28-23(30)17-9-16(24)10-19(26)22(17)29/h3-12,29H,2,13H2,1H3,(H,28,30)/b27-12-. The van der Waals surface area contributed by atoms with Gasteiger partial charge in [0, 0.05) is 14.5 Å². The van der Waals surface area contributed by atoms with Crippen LogP contribution in [0.3, 0.4) is 0 Å². The van der Waals surface area contributed by atoms with E-state index in [1.54, 1.807) is 18.2 Å². The topological polar surface area (TPSA) is 80.2 Å². The van der Waals surface area contributed by atoms with Gasteiger partial charge in [0.1, 0.15) is 12.4 Å². The van der Waals surface area contributed by atoms with Crippen LogP contribution in [-0.4, -0.2) is 23.8 Å². The second-order valence-corrected chi connectivity index (χ2v) is 9.13. The van der Waals surface area contributed by atoms with Crippen LogP contribution >= 0.6 is 47.8 Å². The van der Waals surface area contributed by atoms with Crippen molar-refractivity contribution in [2.75, 3.05) is 6.61 Å². The molecular formula is C23H19Br3N2O4. The van der Waals surface area contributed by atoms with Crippen LogP contribution in [0, 0.1) is 0 Å². The fraction of sp³-hybridized carbons (Fsp3) is 0.130. The summed E-state index contributed by atoms with van der Waals surface area (Å²) in [5.74, 6) is 0.436. The number of carbonyl (C=O) groups excluding carboxylic acids is 1. The Hall–Kier alpha value is -2.36. The Labute approximate surface area is 211 Å². The Morgan fingerprint density at radius 1 is 1.03 bits per heavy atom. The van der Waals surface area contributed by atoms with Crippen molar-refractivity contribution < 1.29 is 19.4 Å². The number of rotatable bonds is 8. The zero-order valence-corrected chi connectivity index (χ0v) is 21.7. The number of halogens is 3. The zero-order valence-electron chi connectivity index (χ0n) is 16.9. The number of carbonyl (C=O) groups is 1. The predicted molar refractivity (Wildman–Crippen MR) is 135 cm³/mol. The highest BCUT2D eigenvalue weighted by atomic mass is 79.9. The Balaban J connectivity index is 1.75. The molecule has 0 saturated heterocycles. The molecule has 0 radical (unpaired) electrons. The van der Waals surface area contributed by atoms with Crippen molar-refractivity contribution in [3.8, 4) is 17.2 Å². The van der Waals surface area contributed by atoms with Crippen molar-refractivity contribution in [1.29, 1.82) is 0 Å². The van der Waals surface area contributed by atoms with Gasteiger partial charge in [-0.05, 0) is 68.6 Å². The highest BCUT2D eigenvalue weighted by Crippen LogP contribution is 2.34. The predicted octanol–water partition coefficient (Wildman–Crippen LogP) is 6.42. The van der Waals surface area contributed by atoms with Gasteiger partial charge >= 0.3 is 0 Å². The third-order valence-corrected chi connectivity index (χ3v) is 5.99. The smallest absolute Gasteiger partial charge is 0.275 e. The van der Waals surface area contributed by atoms with Crippen LogP contribution in [0.1, 0.15) is 28.4 Å². The lowest BCUT2D eigenvalue weighted by Gasteiger charge is -2.14. The molecule has 0 atom stereocenters. The van der Waals surface area contributed by atoms with Crippen molar-refractivity contribution in [1.82, 2.24) is 5.43 Å². The van der Waals surface area contributed by atoms with E-state index in [9.17, 15) is 9.90 Å². The molecule has 0 unspecified atom stereocenters. The van der Waals surface area contributed by atoms with E-state index in [4.69, 9.17) is 9.47 Å². The number of benzene rings is 3. The van der Waals surface area contributed by atoms with Crippen LogP contribution in [0.25, 0.3) is 0 Å². The van der Waals surface area contributed by atoms with Crippen molar-refractivity contribution >= 4 is 59.9 Å². The Bertz CT molecular complexity index is 1140. The lowest BCUT2D eigenvalue weighted by Crippen LogP contribution is -2.18. The molecular weight excluding hydrogens is 608 g/mol. The molecule has 166 valence electrons. The second-order valence-electron chi connectivity index (χ2n) is 6.51. The van der Waals surface area contributed by atoms with E-state index in [0.717, 1.165) is 10.0 Å². The Morgan fingerprint density at radius 2 is 1.75 bits per heavy atom. The van der Waals surface area contributed by atoms with Crippen molar-refractivity contribution in [3.05, 3.63) is 84.7 Å². The summed E-state index contributed by atoms with van der Waals surface area (Å²) in [4.78, 5) is 12.4. The summed E-state index contributed by atoms with van der Waals surface area (Å²) in [5.41, 5.74) is 4.23. The average molecular weight is 627 g/mol. The van der Waals surface area contributed by atoms with E-state index in [2.05, 4.69) is 58.3 Å². The third-order valence-electron chi connectivity index (χ3n) is 4.24. The number of nitrogens with one attached hydrogen (secondary N) is 1. The maximum Gasteiger partial charge on any atom is 0.275 e. The Morgan fingerprint density at radius 3 is 2.47 bits per heavy atom. The lowest BCUT2D eigenvalue weighted by atomic mass is 10.2. The van der Waals surface area contributed by atoms with Gasteiger partial charge in [0.05, 0.1) is 22.9 Å². The van der Waals surface area contributed by atoms with Crippen LogP contribution in [0.15, 0.2) is 73.1 Å². The van der Waals surface area contributed by atoms with Crippen LogP contribution in [0.4, 0.5) is 0 Å². The largest absolute Gasteiger partial charge is 0.506 e. The first-order valence-corrected chi connectivity index (χ1v) is 11.9. The lowest BCUT2D eigenvalue weighted by molar-refractivity contribution is 0.0952. The highest BCUT2D eigenvalue weighted by Gasteiger charge is 2.15. The second kappa shape index (κ2) is 11.5. The molecule has 0 fully saturated rings. The number of aromatic hydroxyl groups is 1. The molecule has 6 nitrogen and oxygen atoms in total. The first kappa shape index (κ1) is 24.3. The monoisotopic (exact) mass is 624 g/mol. The van der Waals surface area contributed by atoms with Crippen molar-refractivity contribution in [2.24, 2.45) is 5.10 Å². The summed E-state index contributed by atoms with van der Waals surface area (Å²) in [7, 11) is 0. The minimum Gasteiger partial charge on any atom is -0.506 e. The third kappa shape index (κ3) is 6.34. The molecule has 0 aromatic heterocycles. The first-order chi connectivity index (χ1) is 15.4. The fourth-order valence-electron chi connectivity index (χ4n) is 2.73. The van der Waals surface area contributed by atoms with Gasteiger partial charge in [-0.3, -0.25) is 4.79 Å². The van der Waals surface area contributed by atoms with Crippen molar-refractivity contribution in [2.45, 2.75) is 13.5 Å². The molecule has 0 aliphatic heterocycles. The number of phenolic OH excluding ortho intramolecular Hbond substituents is 1. The van der Waals surface area contributed by atoms with Gasteiger partial charge in [-0.15, -0.1) is 0 Å². The molecule has 2 N–H and O–H groups in total. The normalized spacial score (nSPS) is 10.9. The molecule has 0 heterocycles. The van der Waals surface area contributed by atoms with Gasteiger partial charge in [-0.1, -0.05) is 46.3 Å². The Kier molecular flexibility index (Phi) is 8.72. The molecule has 3 rings (SSSR count). The van der Waals surface area contributed by atoms with E-state index < -0.39 is 5.91 Å². The van der Waals surface area contributed by atoms with Gasteiger partial charge < -0.3 is 14.6 Å². The average Bonchev–Trinajstić information content (AvgIpc) is 2.77. The summed E-state index contributed by atoms with van der Waals surface area (Å²) in [5, 5.41) is 14.1. The molecule has 0 spiro atoms. The molecule has 0 aliphatic rings. The fourth-order valence-corrected chi connectivity index (χ4v) is 4.38. The van der Waals surface area contributed by atoms with Crippen LogP contribution in [0.5, 0.6) is 17.2 Å². The van der Waals surface area contributed by atoms with Gasteiger partial charge in [-0.25, -0.2) is 5.43 Å². The molecule has 1 amide bonds. The molecule has 3 aromatic carbocycles. The summed E-state index contributed by atoms with van der Waals surface area (Å²) in [6.45, 7) is 2.76. The number of nitrogens with zero attached hydrogens (tertiary/aromatic N) is 1. The summed E-state index contributed by atoms with van der Waals surface area (Å²) in [6, 6.07) is 16.6. The summed E-state index contributed by atoms with van der Waals surface area (Å²) < 4.78 is 13.4. The van der Waals surface area contributed by atoms with Crippen molar-refractivity contribution in [3.63, 3.8) is 0 Å². The zero-order chi connectivity index (χ0) is 23.1. The number of amides is 1. The maximum absolute atomic E-state index is 12.4. The number of phenols is 1. The highest BCUT2D eigenvalue weighted by molar-refractivity contribution is 9.11. The first-order valence-electron chi connectivity index (χ1n) is 9.53. The van der Waals surface area contributed by atoms with E-state index in [1.165, 1.54) is 12.3 Å². The number of ether oxygens (including phenoxy) is 2. The molecule has 0 bridgehead atoms. The molecule has 0 saturated carbocycles. The summed E-state index contributed by atoms with van der Waals surface area (Å²) in [6.07, 6.45) is 1.48. The van der Waals surface area contributed by atoms with Gasteiger partial charge in [0.15, 0.2) is 11.5 Å². The van der Waals surface area contributed by atoms with Crippen LogP contribution in [0.2, 0.25) is 0 Å². The van der Waals surface area contributed by atoms with E-state index in [1.807, 2.05) is 37.3 Å². The van der Waals surface area contributed by atoms with E-state index in [-0.39, 0.29) is 11.3 Å². The number of hydrogen-bond donors (Lipinski definition) is 2. The minimum absolute atomic E-state index is 0.0853. The van der Waals surface area contributed by atoms with Gasteiger partial charge in [0.25, 0.3) is 5.91 Å². The van der Waals surface area contributed by atoms with Crippen LogP contribution < -0.4 is 14.9 Å². The molecule has 32 heavy (non-hydrogen) atoms.